The molecule has 0 radical (unpaired) electrons. The summed E-state index contributed by atoms with van der Waals surface area (Å²) in [5.74, 6) is 0. The highest BCUT2D eigenvalue weighted by atomic mass is 32.1. The highest BCUT2D eigenvalue weighted by molar-refractivity contribution is 7.07. The Bertz CT molecular complexity index is 1370. The Morgan fingerprint density at radius 1 is 0.968 bits per heavy atom. The maximum atomic E-state index is 13.3. The highest BCUT2D eigenvalue weighted by Gasteiger charge is 2.17. The van der Waals surface area contributed by atoms with Crippen molar-refractivity contribution in [1.82, 2.24) is 13.9 Å². The average Bonchev–Trinajstić information content (AvgIpc) is 3.26. The van der Waals surface area contributed by atoms with Crippen LogP contribution in [0.5, 0.6) is 0 Å². The largest absolute Gasteiger partial charge is 0.314 e. The molecule has 6 heteroatoms. The van der Waals surface area contributed by atoms with Crippen LogP contribution in [-0.2, 0) is 7.05 Å². The lowest BCUT2D eigenvalue weighted by Gasteiger charge is -2.13. The monoisotopic (exact) mass is 432 g/mol. The van der Waals surface area contributed by atoms with Crippen LogP contribution in [-0.4, -0.2) is 13.9 Å². The predicted molar refractivity (Wildman–Crippen MR) is 129 cm³/mol. The second kappa shape index (κ2) is 8.19. The van der Waals surface area contributed by atoms with Gasteiger partial charge in [0.2, 0.25) is 0 Å². The molecule has 0 unspecified atom stereocenters. The van der Waals surface area contributed by atoms with E-state index < -0.39 is 0 Å². The Labute approximate surface area is 186 Å². The molecule has 2 heterocycles. The molecule has 0 fully saturated rings. The third kappa shape index (κ3) is 3.72. The van der Waals surface area contributed by atoms with Gasteiger partial charge in [0.25, 0.3) is 5.56 Å². The summed E-state index contributed by atoms with van der Waals surface area (Å²) in [5.41, 5.74) is 6.88. The minimum absolute atomic E-state index is 0.109. The zero-order chi connectivity index (χ0) is 22.3. The molecule has 2 aromatic heterocycles. The van der Waals surface area contributed by atoms with Gasteiger partial charge in [-0.25, -0.2) is 9.67 Å². The molecule has 0 bridgehead atoms. The van der Waals surface area contributed by atoms with Crippen LogP contribution < -0.4 is 10.4 Å². The van der Waals surface area contributed by atoms with E-state index in [1.807, 2.05) is 49.0 Å². The van der Waals surface area contributed by atoms with Crippen molar-refractivity contribution in [3.8, 4) is 16.9 Å². The predicted octanol–water partition coefficient (Wildman–Crippen LogP) is 5.44. The van der Waals surface area contributed by atoms with Gasteiger partial charge in [-0.2, -0.15) is 0 Å². The number of thiazole rings is 1. The van der Waals surface area contributed by atoms with E-state index >= 15 is 0 Å². The quantitative estimate of drug-likeness (QED) is 0.423. The molecule has 0 aliphatic rings. The van der Waals surface area contributed by atoms with E-state index in [0.717, 1.165) is 21.9 Å². The number of para-hydroxylation sites is 1. The Balaban J connectivity index is 1.92. The average molecular weight is 433 g/mol. The number of aromatic nitrogens is 3. The third-order valence-electron chi connectivity index (χ3n) is 5.79. The normalized spacial score (nSPS) is 12.2. The lowest BCUT2D eigenvalue weighted by Crippen LogP contribution is -2.21. The molecule has 0 aliphatic heterocycles. The molecule has 5 nitrogen and oxygen atoms in total. The smallest absolute Gasteiger partial charge is 0.297 e. The SMILES string of the molecule is Cc1ccc(-c2csc(=Nc3c(C)n(C)n(-c4ccccc4)c3=O)n2C(C)C)cc1C. The Morgan fingerprint density at radius 2 is 1.68 bits per heavy atom. The molecule has 4 rings (SSSR count). The van der Waals surface area contributed by atoms with E-state index in [0.29, 0.717) is 5.69 Å². The van der Waals surface area contributed by atoms with E-state index in [4.69, 9.17) is 4.99 Å². The second-order valence-electron chi connectivity index (χ2n) is 8.19. The molecule has 0 atom stereocenters. The summed E-state index contributed by atoms with van der Waals surface area (Å²) in [4.78, 5) is 19.0. The number of hydrogen-bond acceptors (Lipinski definition) is 3. The summed E-state index contributed by atoms with van der Waals surface area (Å²) < 4.78 is 5.76. The van der Waals surface area contributed by atoms with Crippen LogP contribution in [0.15, 0.2) is 63.7 Å². The van der Waals surface area contributed by atoms with Gasteiger partial charge in [0.1, 0.15) is 0 Å². The number of nitrogens with zero attached hydrogens (tertiary/aromatic N) is 4. The van der Waals surface area contributed by atoms with Gasteiger partial charge in [0, 0.05) is 18.5 Å². The van der Waals surface area contributed by atoms with Crippen LogP contribution in [0, 0.1) is 20.8 Å². The van der Waals surface area contributed by atoms with Gasteiger partial charge in [-0.05, 0) is 69.5 Å². The summed E-state index contributed by atoms with van der Waals surface area (Å²) in [5, 5.41) is 2.14. The van der Waals surface area contributed by atoms with E-state index in [-0.39, 0.29) is 11.6 Å². The van der Waals surface area contributed by atoms with Crippen LogP contribution in [0.4, 0.5) is 5.69 Å². The molecule has 31 heavy (non-hydrogen) atoms. The van der Waals surface area contributed by atoms with Crippen molar-refractivity contribution in [3.05, 3.63) is 85.9 Å². The van der Waals surface area contributed by atoms with Crippen molar-refractivity contribution >= 4 is 17.0 Å². The van der Waals surface area contributed by atoms with Gasteiger partial charge in [-0.3, -0.25) is 9.48 Å². The van der Waals surface area contributed by atoms with Gasteiger partial charge in [0.15, 0.2) is 10.5 Å². The van der Waals surface area contributed by atoms with Gasteiger partial charge in [-0.15, -0.1) is 11.3 Å². The van der Waals surface area contributed by atoms with Crippen LogP contribution in [0.2, 0.25) is 0 Å². The fourth-order valence-electron chi connectivity index (χ4n) is 3.79. The second-order valence-corrected chi connectivity index (χ2v) is 9.02. The number of aryl methyl sites for hydroxylation is 2. The van der Waals surface area contributed by atoms with E-state index in [2.05, 4.69) is 55.8 Å². The Morgan fingerprint density at radius 3 is 2.32 bits per heavy atom. The van der Waals surface area contributed by atoms with Gasteiger partial charge >= 0.3 is 0 Å². The fraction of sp³-hybridized carbons (Fsp3) is 0.280. The maximum Gasteiger partial charge on any atom is 0.297 e. The topological polar surface area (TPSA) is 44.2 Å². The minimum Gasteiger partial charge on any atom is -0.314 e. The lowest BCUT2D eigenvalue weighted by molar-refractivity contribution is 0.591. The Kier molecular flexibility index (Phi) is 5.58. The molecular weight excluding hydrogens is 404 g/mol. The lowest BCUT2D eigenvalue weighted by atomic mass is 10.0. The van der Waals surface area contributed by atoms with E-state index in [9.17, 15) is 4.79 Å². The zero-order valence-electron chi connectivity index (χ0n) is 18.9. The van der Waals surface area contributed by atoms with E-state index in [1.54, 1.807) is 16.0 Å². The van der Waals surface area contributed by atoms with Crippen LogP contribution >= 0.6 is 11.3 Å². The van der Waals surface area contributed by atoms with Crippen molar-refractivity contribution in [3.63, 3.8) is 0 Å². The summed E-state index contributed by atoms with van der Waals surface area (Å²) in [6.07, 6.45) is 0. The van der Waals surface area contributed by atoms with Crippen LogP contribution in [0.25, 0.3) is 16.9 Å². The van der Waals surface area contributed by atoms with Crippen molar-refractivity contribution in [1.29, 1.82) is 0 Å². The molecule has 0 saturated heterocycles. The molecular formula is C25H28N4OS. The highest BCUT2D eigenvalue weighted by Crippen LogP contribution is 2.26. The number of benzene rings is 2. The van der Waals surface area contributed by atoms with Crippen molar-refractivity contribution in [2.24, 2.45) is 12.0 Å². The third-order valence-corrected chi connectivity index (χ3v) is 6.63. The first-order valence-corrected chi connectivity index (χ1v) is 11.3. The molecule has 0 N–H and O–H groups in total. The van der Waals surface area contributed by atoms with Crippen molar-refractivity contribution in [2.45, 2.75) is 40.7 Å². The summed E-state index contributed by atoms with van der Waals surface area (Å²) in [7, 11) is 1.90. The molecule has 0 saturated carbocycles. The van der Waals surface area contributed by atoms with Gasteiger partial charge in [0.05, 0.1) is 17.1 Å². The molecule has 2 aromatic carbocycles. The first kappa shape index (κ1) is 21.1. The van der Waals surface area contributed by atoms with E-state index in [1.165, 1.54) is 16.7 Å². The molecule has 160 valence electrons. The number of rotatable bonds is 4. The molecule has 0 spiro atoms. The van der Waals surface area contributed by atoms with Crippen molar-refractivity contribution < 1.29 is 0 Å². The minimum atomic E-state index is -0.109. The summed E-state index contributed by atoms with van der Waals surface area (Å²) in [6, 6.07) is 16.4. The number of hydrogen-bond donors (Lipinski definition) is 0. The molecule has 0 amide bonds. The van der Waals surface area contributed by atoms with Crippen LogP contribution in [0.1, 0.15) is 36.7 Å². The fourth-order valence-corrected chi connectivity index (χ4v) is 4.82. The van der Waals surface area contributed by atoms with Crippen LogP contribution in [0.3, 0.4) is 0 Å². The zero-order valence-corrected chi connectivity index (χ0v) is 19.7. The maximum absolute atomic E-state index is 13.3. The van der Waals surface area contributed by atoms with Gasteiger partial charge < -0.3 is 4.57 Å². The van der Waals surface area contributed by atoms with Crippen molar-refractivity contribution in [2.75, 3.05) is 0 Å². The summed E-state index contributed by atoms with van der Waals surface area (Å²) in [6.45, 7) is 10.5. The first-order valence-electron chi connectivity index (χ1n) is 10.5. The first-order chi connectivity index (χ1) is 14.8. The standard InChI is InChI=1S/C25H28N4OS/c1-16(2)28-22(20-13-12-17(3)18(4)14-20)15-31-25(28)26-23-19(5)27(6)29(24(23)30)21-10-8-7-9-11-21/h7-16H,1-6H3. The molecule has 4 aromatic rings. The Hall–Kier alpha value is -3.12. The molecule has 0 aliphatic carbocycles. The summed E-state index contributed by atoms with van der Waals surface area (Å²) >= 11 is 1.57. The van der Waals surface area contributed by atoms with Gasteiger partial charge in [-0.1, -0.05) is 30.3 Å².